The second kappa shape index (κ2) is 6.25. The number of phenols is 1. The maximum Gasteiger partial charge on any atom is 0.311 e. The molecular formula is C28H26FNO5. The van der Waals surface area contributed by atoms with Crippen molar-refractivity contribution in [2.45, 2.75) is 73.6 Å². The average Bonchev–Trinajstić information content (AvgIpc) is 3.70. The number of esters is 1. The number of carbonyl (C=O) groups excluding carboxylic acids is 2. The molecule has 4 aliphatic carbocycles. The van der Waals surface area contributed by atoms with Gasteiger partial charge in [0.15, 0.2) is 23.4 Å². The van der Waals surface area contributed by atoms with Gasteiger partial charge in [-0.2, -0.15) is 0 Å². The molecule has 7 heteroatoms. The predicted octanol–water partition coefficient (Wildman–Crippen LogP) is 3.21. The molecular weight excluding hydrogens is 449 g/mol. The maximum absolute atomic E-state index is 14.4. The van der Waals surface area contributed by atoms with E-state index in [0.29, 0.717) is 30.1 Å². The lowest BCUT2D eigenvalue weighted by Crippen LogP contribution is -2.66. The highest BCUT2D eigenvalue weighted by Crippen LogP contribution is 2.77. The van der Waals surface area contributed by atoms with Gasteiger partial charge >= 0.3 is 5.97 Å². The number of halogens is 1. The fourth-order valence-corrected chi connectivity index (χ4v) is 8.36. The third kappa shape index (κ3) is 2.29. The van der Waals surface area contributed by atoms with Crippen molar-refractivity contribution in [1.82, 2.24) is 4.90 Å². The van der Waals surface area contributed by atoms with E-state index >= 15 is 0 Å². The largest absolute Gasteiger partial charge is 0.504 e. The Kier molecular flexibility index (Phi) is 3.62. The summed E-state index contributed by atoms with van der Waals surface area (Å²) in [5, 5.41) is 10.7. The zero-order valence-electron chi connectivity index (χ0n) is 19.3. The minimum atomic E-state index is -0.937. The molecule has 35 heavy (non-hydrogen) atoms. The molecule has 0 aromatic heterocycles. The average molecular weight is 476 g/mol. The van der Waals surface area contributed by atoms with Crippen LogP contribution in [-0.2, 0) is 32.6 Å². The minimum Gasteiger partial charge on any atom is -0.504 e. The fraction of sp³-hybridized carbons (Fsp3) is 0.500. The van der Waals surface area contributed by atoms with Crippen LogP contribution in [0.5, 0.6) is 11.5 Å². The van der Waals surface area contributed by atoms with Gasteiger partial charge < -0.3 is 14.6 Å². The number of nitrogens with zero attached hydrogens (tertiary/aromatic N) is 1. The SMILES string of the molecule is O=C(Cc1ccccc1F)O[C@@]12CCC(=O)[C@@H]3Oc4c(O)ccc5c4[C@@]31C[C@]1(C5)C2N1CC1CC1. The van der Waals surface area contributed by atoms with Gasteiger partial charge in [0, 0.05) is 24.1 Å². The summed E-state index contributed by atoms with van der Waals surface area (Å²) in [7, 11) is 0. The number of ether oxygens (including phenoxy) is 2. The van der Waals surface area contributed by atoms with Crippen molar-refractivity contribution in [3.05, 3.63) is 58.9 Å². The molecule has 180 valence electrons. The van der Waals surface area contributed by atoms with Crippen molar-refractivity contribution in [3.63, 3.8) is 0 Å². The Morgan fingerprint density at radius 3 is 2.86 bits per heavy atom. The number of rotatable bonds is 5. The van der Waals surface area contributed by atoms with Crippen molar-refractivity contribution in [3.8, 4) is 11.5 Å². The monoisotopic (exact) mass is 475 g/mol. The zero-order valence-corrected chi connectivity index (χ0v) is 19.3. The molecule has 1 N–H and O–H groups in total. The standard InChI is InChI=1S/C28H26FNO5/c29-18-4-2-1-3-16(18)11-21(33)35-28-10-9-20(32)24-27(28)14-26(25(28)30(26)13-15-5-6-15)12-17-7-8-19(31)23(34-24)22(17)27/h1-4,7-8,15,24-25,31H,5-6,9-14H2/t24-,25?,26+,27-,28+,30?/m0/s1. The Morgan fingerprint density at radius 2 is 2.06 bits per heavy atom. The molecule has 6 aliphatic rings. The Morgan fingerprint density at radius 1 is 1.23 bits per heavy atom. The van der Waals surface area contributed by atoms with Crippen LogP contribution in [0.4, 0.5) is 4.39 Å². The van der Waals surface area contributed by atoms with Gasteiger partial charge in [0.1, 0.15) is 11.4 Å². The van der Waals surface area contributed by atoms with Gasteiger partial charge in [-0.25, -0.2) is 4.39 Å². The van der Waals surface area contributed by atoms with E-state index in [1.807, 2.05) is 6.07 Å². The number of likely N-dealkylation sites (tertiary alicyclic amines) is 1. The van der Waals surface area contributed by atoms with Crippen LogP contribution in [0.1, 0.15) is 48.8 Å². The number of benzene rings is 2. The van der Waals surface area contributed by atoms with Crippen LogP contribution in [0.2, 0.25) is 0 Å². The minimum absolute atomic E-state index is 0.000127. The lowest BCUT2D eigenvalue weighted by Gasteiger charge is -2.52. The molecule has 2 aromatic carbocycles. The van der Waals surface area contributed by atoms with Crippen LogP contribution < -0.4 is 4.74 Å². The van der Waals surface area contributed by atoms with Gasteiger partial charge in [0.05, 0.1) is 17.9 Å². The maximum atomic E-state index is 14.4. The number of Topliss-reactive ketones (excluding diaryl/α,β-unsaturated/α-hetero) is 1. The number of carbonyl (C=O) groups is 2. The van der Waals surface area contributed by atoms with Crippen LogP contribution in [-0.4, -0.2) is 51.6 Å². The third-order valence-electron chi connectivity index (χ3n) is 9.73. The molecule has 0 radical (unpaired) electrons. The van der Waals surface area contributed by atoms with Crippen molar-refractivity contribution in [2.75, 3.05) is 6.54 Å². The second-order valence-electron chi connectivity index (χ2n) is 11.5. The lowest BCUT2D eigenvalue weighted by molar-refractivity contribution is -0.183. The van der Waals surface area contributed by atoms with Crippen LogP contribution >= 0.6 is 0 Å². The number of piperidine rings is 1. The molecule has 2 bridgehead atoms. The first-order chi connectivity index (χ1) is 16.9. The molecule has 3 saturated carbocycles. The quantitative estimate of drug-likeness (QED) is 0.529. The normalized spacial score (nSPS) is 39.0. The molecule has 2 unspecified atom stereocenters. The number of aromatic hydroxyl groups is 1. The number of hydrogen-bond donors (Lipinski definition) is 1. The highest BCUT2D eigenvalue weighted by molar-refractivity contribution is 5.91. The fourth-order valence-electron chi connectivity index (χ4n) is 8.36. The van der Waals surface area contributed by atoms with Crippen molar-refractivity contribution in [2.24, 2.45) is 5.92 Å². The molecule has 6 nitrogen and oxygen atoms in total. The van der Waals surface area contributed by atoms with Gasteiger partial charge in [0.25, 0.3) is 0 Å². The summed E-state index contributed by atoms with van der Waals surface area (Å²) in [5.74, 6) is 0.172. The van der Waals surface area contributed by atoms with Gasteiger partial charge in [-0.3, -0.25) is 14.5 Å². The molecule has 6 atom stereocenters. The van der Waals surface area contributed by atoms with E-state index in [1.54, 1.807) is 24.3 Å². The van der Waals surface area contributed by atoms with E-state index in [1.165, 1.54) is 18.9 Å². The number of hydrogen-bond acceptors (Lipinski definition) is 6. The van der Waals surface area contributed by atoms with E-state index < -0.39 is 28.9 Å². The first-order valence-electron chi connectivity index (χ1n) is 12.7. The summed E-state index contributed by atoms with van der Waals surface area (Å²) in [6.45, 7) is 0.979. The topological polar surface area (TPSA) is 75.8 Å². The van der Waals surface area contributed by atoms with E-state index in [0.717, 1.165) is 24.1 Å². The van der Waals surface area contributed by atoms with E-state index in [9.17, 15) is 19.1 Å². The Labute approximate surface area is 202 Å². The Hall–Kier alpha value is -2.93. The van der Waals surface area contributed by atoms with Crippen molar-refractivity contribution < 1.29 is 28.6 Å². The van der Waals surface area contributed by atoms with Gasteiger partial charge in [0.2, 0.25) is 0 Å². The summed E-state index contributed by atoms with van der Waals surface area (Å²) in [6.07, 6.45) is 3.69. The molecule has 4 fully saturated rings. The van der Waals surface area contributed by atoms with E-state index in [4.69, 9.17) is 9.47 Å². The second-order valence-corrected chi connectivity index (χ2v) is 11.5. The van der Waals surface area contributed by atoms with Gasteiger partial charge in [-0.15, -0.1) is 0 Å². The highest BCUT2D eigenvalue weighted by atomic mass is 19.1. The number of fused-ring (bicyclic) bond motifs is 1. The smallest absolute Gasteiger partial charge is 0.311 e. The van der Waals surface area contributed by atoms with Crippen molar-refractivity contribution in [1.29, 1.82) is 0 Å². The third-order valence-corrected chi connectivity index (χ3v) is 9.73. The molecule has 2 aromatic rings. The first-order valence-corrected chi connectivity index (χ1v) is 12.7. The summed E-state index contributed by atoms with van der Waals surface area (Å²) in [4.78, 5) is 29.2. The molecule has 8 rings (SSSR count). The zero-order chi connectivity index (χ0) is 23.7. The Bertz CT molecular complexity index is 1340. The van der Waals surface area contributed by atoms with Gasteiger partial charge in [-0.1, -0.05) is 24.3 Å². The summed E-state index contributed by atoms with van der Waals surface area (Å²) in [6, 6.07) is 9.87. The Balaban J connectivity index is 1.28. The van der Waals surface area contributed by atoms with Gasteiger partial charge in [-0.05, 0) is 61.3 Å². The highest BCUT2D eigenvalue weighted by Gasteiger charge is 2.90. The van der Waals surface area contributed by atoms with E-state index in [-0.39, 0.29) is 36.0 Å². The molecule has 2 heterocycles. The van der Waals surface area contributed by atoms with E-state index in [2.05, 4.69) is 4.90 Å². The van der Waals surface area contributed by atoms with Crippen molar-refractivity contribution >= 4 is 11.8 Å². The summed E-state index contributed by atoms with van der Waals surface area (Å²) >= 11 is 0. The van der Waals surface area contributed by atoms with Crippen LogP contribution in [0.3, 0.4) is 0 Å². The molecule has 2 spiro atoms. The van der Waals surface area contributed by atoms with Crippen LogP contribution in [0.15, 0.2) is 36.4 Å². The lowest BCUT2D eigenvalue weighted by atomic mass is 9.56. The van der Waals surface area contributed by atoms with Crippen LogP contribution in [0.25, 0.3) is 0 Å². The molecule has 2 aliphatic heterocycles. The summed E-state index contributed by atoms with van der Waals surface area (Å²) < 4.78 is 27.1. The predicted molar refractivity (Wildman–Crippen MR) is 122 cm³/mol. The molecule has 1 saturated heterocycles. The number of ketones is 1. The van der Waals surface area contributed by atoms with Crippen LogP contribution in [0, 0.1) is 11.7 Å². The first kappa shape index (κ1) is 20.3. The number of phenolic OH excluding ortho intramolecular Hbond substituents is 1. The molecule has 0 amide bonds. The summed E-state index contributed by atoms with van der Waals surface area (Å²) in [5.41, 5.74) is 0.332.